The van der Waals surface area contributed by atoms with Crippen molar-refractivity contribution in [1.82, 2.24) is 0 Å². The number of sulfone groups is 1. The van der Waals surface area contributed by atoms with Gasteiger partial charge in [0.2, 0.25) is 0 Å². The summed E-state index contributed by atoms with van der Waals surface area (Å²) >= 11 is 4.39. The zero-order valence-electron chi connectivity index (χ0n) is 12.0. The van der Waals surface area contributed by atoms with Crippen molar-refractivity contribution >= 4 is 53.4 Å². The molecule has 0 saturated carbocycles. The highest BCUT2D eigenvalue weighted by atomic mass is 79.9. The topological polar surface area (TPSA) is 89.4 Å². The number of fused-ring (bicyclic) bond motifs is 2. The largest absolute Gasteiger partial charge is 0.462 e. The minimum Gasteiger partial charge on any atom is -0.462 e. The Bertz CT molecular complexity index is 836. The van der Waals surface area contributed by atoms with E-state index in [0.717, 1.165) is 45.5 Å². The van der Waals surface area contributed by atoms with Crippen molar-refractivity contribution in [2.75, 3.05) is 12.9 Å². The van der Waals surface area contributed by atoms with E-state index in [1.165, 1.54) is 0 Å². The van der Waals surface area contributed by atoms with Gasteiger partial charge in [0.25, 0.3) is 0 Å². The molecule has 1 aromatic heterocycles. The molecule has 22 heavy (non-hydrogen) atoms. The maximum absolute atomic E-state index is 12.1. The Morgan fingerprint density at radius 1 is 1.45 bits per heavy atom. The van der Waals surface area contributed by atoms with Gasteiger partial charge in [0.1, 0.15) is 9.09 Å². The summed E-state index contributed by atoms with van der Waals surface area (Å²) in [5, 5.41) is 4.22. The predicted octanol–water partition coefficient (Wildman–Crippen LogP) is 1.27. The van der Waals surface area contributed by atoms with Crippen LogP contribution in [0.15, 0.2) is 14.9 Å². The highest BCUT2D eigenvalue weighted by Crippen LogP contribution is 2.42. The average Bonchev–Trinajstić information content (AvgIpc) is 2.99. The summed E-state index contributed by atoms with van der Waals surface area (Å²) in [6.45, 7) is 1.99. The number of nitrogens with two attached hydrogens (primary N) is 1. The Balaban J connectivity index is 2.24. The zero-order chi connectivity index (χ0) is 16.1. The summed E-state index contributed by atoms with van der Waals surface area (Å²) in [7, 11) is -3.44. The average molecular weight is 406 g/mol. The smallest absolute Gasteiger partial charge is 0.348 e. The molecule has 0 bridgehead atoms. The molecule has 0 unspecified atom stereocenters. The highest BCUT2D eigenvalue weighted by molar-refractivity contribution is 9.18. The highest BCUT2D eigenvalue weighted by Gasteiger charge is 2.38. The molecule has 0 fully saturated rings. The molecule has 6 nitrogen and oxygen atoms in total. The van der Waals surface area contributed by atoms with Crippen molar-refractivity contribution in [3.05, 3.63) is 21.6 Å². The van der Waals surface area contributed by atoms with Crippen LogP contribution >= 0.6 is 27.3 Å². The lowest BCUT2D eigenvalue weighted by molar-refractivity contribution is -0.565. The van der Waals surface area contributed by atoms with Crippen LogP contribution in [0.3, 0.4) is 0 Å². The molecular weight excluding hydrogens is 392 g/mol. The second-order valence-corrected chi connectivity index (χ2v) is 8.99. The van der Waals surface area contributed by atoms with Crippen LogP contribution in [0.25, 0.3) is 5.70 Å². The van der Waals surface area contributed by atoms with Crippen LogP contribution in [0, 0.1) is 0 Å². The van der Waals surface area contributed by atoms with Gasteiger partial charge in [0.15, 0.2) is 20.2 Å². The molecule has 1 aliphatic carbocycles. The van der Waals surface area contributed by atoms with E-state index in [1.54, 1.807) is 12.3 Å². The number of rotatable bonds is 3. The Hall–Kier alpha value is -1.03. The zero-order valence-corrected chi connectivity index (χ0v) is 15.2. The third kappa shape index (κ3) is 2.45. The SMILES string of the molecule is CCOC(=O)c1sc(S(C)(=O)=O)c2c1CCC1=C2[NH2+]N=C1Br. The molecule has 0 radical (unpaired) electrons. The first-order valence-electron chi connectivity index (χ1n) is 6.67. The molecule has 2 N–H and O–H groups in total. The van der Waals surface area contributed by atoms with Crippen molar-refractivity contribution in [3.8, 4) is 0 Å². The van der Waals surface area contributed by atoms with Gasteiger partial charge < -0.3 is 4.74 Å². The van der Waals surface area contributed by atoms with E-state index in [4.69, 9.17) is 4.74 Å². The van der Waals surface area contributed by atoms with Crippen LogP contribution < -0.4 is 5.43 Å². The second-order valence-electron chi connectivity index (χ2n) is 5.01. The lowest BCUT2D eigenvalue weighted by Gasteiger charge is -2.13. The Morgan fingerprint density at radius 2 is 2.18 bits per heavy atom. The first-order valence-corrected chi connectivity index (χ1v) is 10.2. The van der Waals surface area contributed by atoms with Crippen LogP contribution in [0.5, 0.6) is 0 Å². The third-order valence-corrected chi connectivity index (χ3v) is 7.27. The van der Waals surface area contributed by atoms with Gasteiger partial charge in [-0.1, -0.05) is 5.10 Å². The van der Waals surface area contributed by atoms with Crippen molar-refractivity contribution in [2.45, 2.75) is 24.0 Å². The number of carbonyl (C=O) groups excluding carboxylic acids is 1. The molecule has 1 aromatic rings. The van der Waals surface area contributed by atoms with Crippen molar-refractivity contribution in [3.63, 3.8) is 0 Å². The number of thiophene rings is 1. The minimum atomic E-state index is -3.44. The maximum atomic E-state index is 12.1. The fourth-order valence-electron chi connectivity index (χ4n) is 2.67. The van der Waals surface area contributed by atoms with E-state index >= 15 is 0 Å². The van der Waals surface area contributed by atoms with E-state index < -0.39 is 15.8 Å². The summed E-state index contributed by atoms with van der Waals surface area (Å²) in [5.41, 5.74) is 4.82. The van der Waals surface area contributed by atoms with E-state index in [-0.39, 0.29) is 10.8 Å². The van der Waals surface area contributed by atoms with Crippen LogP contribution in [0.2, 0.25) is 0 Å². The number of esters is 1. The first kappa shape index (κ1) is 15.9. The lowest BCUT2D eigenvalue weighted by atomic mass is 9.92. The van der Waals surface area contributed by atoms with E-state index in [9.17, 15) is 13.2 Å². The maximum Gasteiger partial charge on any atom is 0.348 e. The van der Waals surface area contributed by atoms with Crippen molar-refractivity contribution in [1.29, 1.82) is 0 Å². The quantitative estimate of drug-likeness (QED) is 0.605. The monoisotopic (exact) mass is 405 g/mol. The fourth-order valence-corrected chi connectivity index (χ4v) is 5.63. The summed E-state index contributed by atoms with van der Waals surface area (Å²) < 4.78 is 30.3. The van der Waals surface area contributed by atoms with Crippen LogP contribution in [0.1, 0.15) is 34.1 Å². The molecular formula is C13H14BrN2O4S2+. The number of quaternary nitrogens is 1. The molecule has 0 saturated heterocycles. The van der Waals surface area contributed by atoms with Gasteiger partial charge in [-0.05, 0) is 41.3 Å². The fraction of sp³-hybridized carbons (Fsp3) is 0.385. The van der Waals surface area contributed by atoms with E-state index in [0.29, 0.717) is 16.9 Å². The van der Waals surface area contributed by atoms with E-state index in [1.807, 2.05) is 0 Å². The normalized spacial score (nSPS) is 17.1. The molecule has 2 heterocycles. The number of carbonyl (C=O) groups is 1. The molecule has 9 heteroatoms. The van der Waals surface area contributed by atoms with Crippen LogP contribution in [0.4, 0.5) is 0 Å². The van der Waals surface area contributed by atoms with Crippen molar-refractivity contribution in [2.24, 2.45) is 5.10 Å². The first-order chi connectivity index (χ1) is 10.3. The predicted molar refractivity (Wildman–Crippen MR) is 86.9 cm³/mol. The standard InChI is InChI=1S/C13H13BrN2O4S2/c1-3-20-12(17)10-6-4-5-7-9(15-16-11(7)14)8(6)13(21-10)22(2,18)19/h3-5H2,1-2H3,(H,15,16)/p+1. The lowest BCUT2D eigenvalue weighted by Crippen LogP contribution is -2.73. The van der Waals surface area contributed by atoms with E-state index in [2.05, 4.69) is 21.0 Å². The minimum absolute atomic E-state index is 0.214. The van der Waals surface area contributed by atoms with Crippen LogP contribution in [-0.2, 0) is 21.0 Å². The molecule has 118 valence electrons. The molecule has 3 rings (SSSR count). The van der Waals surface area contributed by atoms with Gasteiger partial charge in [-0.15, -0.1) is 11.3 Å². The molecule has 2 aliphatic rings. The molecule has 1 aliphatic heterocycles. The Labute approximate surface area is 140 Å². The Morgan fingerprint density at radius 3 is 2.82 bits per heavy atom. The summed E-state index contributed by atoms with van der Waals surface area (Å²) in [6, 6.07) is 0. The van der Waals surface area contributed by atoms with Crippen LogP contribution in [-0.4, -0.2) is 31.9 Å². The second kappa shape index (κ2) is 5.55. The van der Waals surface area contributed by atoms with Gasteiger partial charge in [-0.3, -0.25) is 0 Å². The number of hydrogen-bond acceptors (Lipinski definition) is 6. The van der Waals surface area contributed by atoms with Gasteiger partial charge in [0.05, 0.1) is 17.7 Å². The molecule has 0 spiro atoms. The molecule has 0 atom stereocenters. The van der Waals surface area contributed by atoms with Crippen molar-refractivity contribution < 1.29 is 23.4 Å². The number of nitrogens with zero attached hydrogens (tertiary/aromatic N) is 1. The number of halogens is 1. The number of allylic oxidation sites excluding steroid dienone is 1. The third-order valence-electron chi connectivity index (χ3n) is 3.55. The van der Waals surface area contributed by atoms with Gasteiger partial charge in [-0.2, -0.15) is 5.43 Å². The van der Waals surface area contributed by atoms with Gasteiger partial charge in [-0.25, -0.2) is 13.2 Å². The molecule has 0 aromatic carbocycles. The summed E-state index contributed by atoms with van der Waals surface area (Å²) in [4.78, 5) is 12.5. The molecule has 0 amide bonds. The summed E-state index contributed by atoms with van der Waals surface area (Å²) in [5.74, 6) is -0.458. The van der Waals surface area contributed by atoms with Gasteiger partial charge in [0, 0.05) is 6.26 Å². The number of hydrogen-bond donors (Lipinski definition) is 1. The summed E-state index contributed by atoms with van der Waals surface area (Å²) in [6.07, 6.45) is 2.48. The van der Waals surface area contributed by atoms with Gasteiger partial charge >= 0.3 is 5.97 Å². The Kier molecular flexibility index (Phi) is 4.00. The number of ether oxygens (including phenoxy) is 1.